The van der Waals surface area contributed by atoms with Crippen molar-refractivity contribution < 1.29 is 22.7 Å². The van der Waals surface area contributed by atoms with Crippen molar-refractivity contribution in [1.29, 1.82) is 0 Å². The lowest BCUT2D eigenvalue weighted by Crippen LogP contribution is -2.23. The molecule has 2 aromatic carbocycles. The zero-order chi connectivity index (χ0) is 19.3. The van der Waals surface area contributed by atoms with Gasteiger partial charge in [0.15, 0.2) is 6.61 Å². The molecule has 0 saturated carbocycles. The first kappa shape index (κ1) is 19.9. The molecule has 0 unspecified atom stereocenters. The van der Waals surface area contributed by atoms with Crippen molar-refractivity contribution >= 4 is 39.2 Å². The monoisotopic (exact) mass is 396 g/mol. The maximum Gasteiger partial charge on any atom is 0.338 e. The van der Waals surface area contributed by atoms with Crippen LogP contribution in [0, 0.1) is 0 Å². The number of hydrogen-bond acceptors (Lipinski definition) is 5. The van der Waals surface area contributed by atoms with Crippen LogP contribution in [-0.2, 0) is 19.6 Å². The maximum absolute atomic E-state index is 12.1. The molecular weight excluding hydrogens is 380 g/mol. The van der Waals surface area contributed by atoms with Crippen LogP contribution in [0.25, 0.3) is 0 Å². The van der Waals surface area contributed by atoms with Crippen molar-refractivity contribution in [3.8, 4) is 0 Å². The highest BCUT2D eigenvalue weighted by atomic mass is 35.5. The van der Waals surface area contributed by atoms with Gasteiger partial charge in [-0.2, -0.15) is 0 Å². The number of benzene rings is 2. The largest absolute Gasteiger partial charge is 0.452 e. The summed E-state index contributed by atoms with van der Waals surface area (Å²) in [5.74, 6) is -1.26. The van der Waals surface area contributed by atoms with Gasteiger partial charge in [-0.3, -0.25) is 4.79 Å². The molecule has 0 fully saturated rings. The Kier molecular flexibility index (Phi) is 6.36. The Hall–Kier alpha value is -2.42. The fourth-order valence-corrected chi connectivity index (χ4v) is 3.02. The summed E-state index contributed by atoms with van der Waals surface area (Å²) in [5.41, 5.74) is 0.543. The van der Waals surface area contributed by atoms with E-state index in [0.717, 1.165) is 4.31 Å². The van der Waals surface area contributed by atoms with Crippen molar-refractivity contribution in [2.75, 3.05) is 26.0 Å². The summed E-state index contributed by atoms with van der Waals surface area (Å²) < 4.78 is 30.2. The lowest BCUT2D eigenvalue weighted by molar-refractivity contribution is -0.119. The highest BCUT2D eigenvalue weighted by Crippen LogP contribution is 2.18. The molecule has 0 spiro atoms. The molecule has 1 N–H and O–H groups in total. The van der Waals surface area contributed by atoms with Gasteiger partial charge in [-0.25, -0.2) is 17.5 Å². The molecule has 7 nitrogen and oxygen atoms in total. The van der Waals surface area contributed by atoms with E-state index in [1.807, 2.05) is 0 Å². The Bertz CT molecular complexity index is 911. The summed E-state index contributed by atoms with van der Waals surface area (Å²) in [6.07, 6.45) is 0. The SMILES string of the molecule is CN(C)S(=O)(=O)c1cccc(NC(=O)COC(=O)c2ccc(Cl)cc2)c1. The molecule has 2 rings (SSSR count). The van der Waals surface area contributed by atoms with E-state index in [1.54, 1.807) is 0 Å². The van der Waals surface area contributed by atoms with Gasteiger partial charge in [0.05, 0.1) is 10.5 Å². The molecule has 1 amide bonds. The molecule has 9 heteroatoms. The summed E-state index contributed by atoms with van der Waals surface area (Å²) in [7, 11) is -0.788. The van der Waals surface area contributed by atoms with Crippen LogP contribution in [0.2, 0.25) is 5.02 Å². The minimum atomic E-state index is -3.61. The summed E-state index contributed by atoms with van der Waals surface area (Å²) in [6, 6.07) is 11.8. The van der Waals surface area contributed by atoms with Gasteiger partial charge in [0, 0.05) is 24.8 Å². The topological polar surface area (TPSA) is 92.8 Å². The Morgan fingerprint density at radius 2 is 1.77 bits per heavy atom. The number of ether oxygens (including phenoxy) is 1. The molecule has 2 aromatic rings. The standard InChI is InChI=1S/C17H17ClN2O5S/c1-20(2)26(23,24)15-5-3-4-14(10-15)19-16(21)11-25-17(22)12-6-8-13(18)9-7-12/h3-10H,11H2,1-2H3,(H,19,21). The van der Waals surface area contributed by atoms with Gasteiger partial charge < -0.3 is 10.1 Å². The first-order valence-electron chi connectivity index (χ1n) is 7.45. The molecule has 138 valence electrons. The number of rotatable bonds is 6. The first-order valence-corrected chi connectivity index (χ1v) is 9.27. The third kappa shape index (κ3) is 5.04. The summed E-state index contributed by atoms with van der Waals surface area (Å²) in [6.45, 7) is -0.508. The Balaban J connectivity index is 1.98. The molecule has 0 saturated heterocycles. The number of nitrogens with zero attached hydrogens (tertiary/aromatic N) is 1. The summed E-state index contributed by atoms with van der Waals surface area (Å²) >= 11 is 5.74. The van der Waals surface area contributed by atoms with Crippen LogP contribution in [0.3, 0.4) is 0 Å². The third-order valence-electron chi connectivity index (χ3n) is 3.31. The van der Waals surface area contributed by atoms with Crippen LogP contribution in [0.5, 0.6) is 0 Å². The Morgan fingerprint density at radius 3 is 2.38 bits per heavy atom. The number of hydrogen-bond donors (Lipinski definition) is 1. The smallest absolute Gasteiger partial charge is 0.338 e. The lowest BCUT2D eigenvalue weighted by Gasteiger charge is -2.12. The van der Waals surface area contributed by atoms with Crippen LogP contribution < -0.4 is 5.32 Å². The lowest BCUT2D eigenvalue weighted by atomic mass is 10.2. The molecule has 0 bridgehead atoms. The number of amides is 1. The zero-order valence-electron chi connectivity index (χ0n) is 14.1. The minimum Gasteiger partial charge on any atom is -0.452 e. The van der Waals surface area contributed by atoms with Crippen LogP contribution in [0.4, 0.5) is 5.69 Å². The second kappa shape index (κ2) is 8.31. The highest BCUT2D eigenvalue weighted by molar-refractivity contribution is 7.89. The van der Waals surface area contributed by atoms with Crippen LogP contribution in [0.15, 0.2) is 53.4 Å². The van der Waals surface area contributed by atoms with Gasteiger partial charge in [0.1, 0.15) is 0 Å². The van der Waals surface area contributed by atoms with E-state index in [2.05, 4.69) is 5.32 Å². The molecule has 0 aliphatic rings. The summed E-state index contributed by atoms with van der Waals surface area (Å²) in [4.78, 5) is 23.8. The van der Waals surface area contributed by atoms with Gasteiger partial charge in [0.2, 0.25) is 10.0 Å². The zero-order valence-corrected chi connectivity index (χ0v) is 15.7. The fourth-order valence-electron chi connectivity index (χ4n) is 1.94. The normalized spacial score (nSPS) is 11.2. The predicted molar refractivity (Wildman–Crippen MR) is 97.7 cm³/mol. The van der Waals surface area contributed by atoms with E-state index in [0.29, 0.717) is 5.02 Å². The molecular formula is C17H17ClN2O5S. The van der Waals surface area contributed by atoms with Crippen molar-refractivity contribution in [2.45, 2.75) is 4.90 Å². The second-order valence-corrected chi connectivity index (χ2v) is 8.03. The van der Waals surface area contributed by atoms with Crippen molar-refractivity contribution in [1.82, 2.24) is 4.31 Å². The molecule has 0 aromatic heterocycles. The number of nitrogens with one attached hydrogen (secondary N) is 1. The molecule has 0 radical (unpaired) electrons. The molecule has 0 heterocycles. The van der Waals surface area contributed by atoms with Gasteiger partial charge >= 0.3 is 5.97 Å². The first-order chi connectivity index (χ1) is 12.2. The van der Waals surface area contributed by atoms with Crippen LogP contribution in [-0.4, -0.2) is 45.3 Å². The van der Waals surface area contributed by atoms with E-state index in [4.69, 9.17) is 16.3 Å². The van der Waals surface area contributed by atoms with Gasteiger partial charge in [0.25, 0.3) is 5.91 Å². The van der Waals surface area contributed by atoms with E-state index in [9.17, 15) is 18.0 Å². The predicted octanol–water partition coefficient (Wildman–Crippen LogP) is 2.39. The quantitative estimate of drug-likeness (QED) is 0.757. The van der Waals surface area contributed by atoms with Gasteiger partial charge in [-0.05, 0) is 42.5 Å². The van der Waals surface area contributed by atoms with E-state index in [1.165, 1.54) is 62.6 Å². The molecule has 0 atom stereocenters. The average Bonchev–Trinajstić information content (AvgIpc) is 2.60. The van der Waals surface area contributed by atoms with E-state index < -0.39 is 28.5 Å². The second-order valence-electron chi connectivity index (χ2n) is 5.45. The fraction of sp³-hybridized carbons (Fsp3) is 0.176. The maximum atomic E-state index is 12.1. The van der Waals surface area contributed by atoms with Crippen LogP contribution in [0.1, 0.15) is 10.4 Å². The number of carbonyl (C=O) groups is 2. The van der Waals surface area contributed by atoms with E-state index >= 15 is 0 Å². The highest BCUT2D eigenvalue weighted by Gasteiger charge is 2.18. The number of halogens is 1. The van der Waals surface area contributed by atoms with Crippen molar-refractivity contribution in [2.24, 2.45) is 0 Å². The number of carbonyl (C=O) groups excluding carboxylic acids is 2. The number of anilines is 1. The Labute approximate surface area is 156 Å². The Morgan fingerprint density at radius 1 is 1.12 bits per heavy atom. The minimum absolute atomic E-state index is 0.0402. The molecule has 0 aliphatic carbocycles. The average molecular weight is 397 g/mol. The van der Waals surface area contributed by atoms with Gasteiger partial charge in [-0.15, -0.1) is 0 Å². The van der Waals surface area contributed by atoms with Crippen LogP contribution >= 0.6 is 11.6 Å². The van der Waals surface area contributed by atoms with Gasteiger partial charge in [-0.1, -0.05) is 17.7 Å². The number of sulfonamides is 1. The van der Waals surface area contributed by atoms with Crippen molar-refractivity contribution in [3.05, 3.63) is 59.1 Å². The molecule has 26 heavy (non-hydrogen) atoms. The number of esters is 1. The molecule has 0 aliphatic heterocycles. The van der Waals surface area contributed by atoms with E-state index in [-0.39, 0.29) is 16.1 Å². The summed E-state index contributed by atoms with van der Waals surface area (Å²) in [5, 5.41) is 2.97. The third-order valence-corrected chi connectivity index (χ3v) is 5.37. The van der Waals surface area contributed by atoms with Crippen molar-refractivity contribution in [3.63, 3.8) is 0 Å².